The van der Waals surface area contributed by atoms with E-state index < -0.39 is 22.8 Å². The lowest BCUT2D eigenvalue weighted by molar-refractivity contribution is -0.114. The van der Waals surface area contributed by atoms with Crippen LogP contribution < -0.4 is 16.9 Å². The number of carbonyl (C=O) groups is 1. The highest BCUT2D eigenvalue weighted by Gasteiger charge is 2.19. The Hall–Kier alpha value is -3.45. The van der Waals surface area contributed by atoms with E-state index >= 15 is 0 Å². The van der Waals surface area contributed by atoms with Gasteiger partial charge >= 0.3 is 0 Å². The van der Waals surface area contributed by atoms with Crippen LogP contribution in [0, 0.1) is 5.41 Å². The van der Waals surface area contributed by atoms with Crippen LogP contribution in [0.25, 0.3) is 16.7 Å². The number of nitrogens with two attached hydrogens (primary N) is 2. The fraction of sp³-hybridized carbons (Fsp3) is 0.0455. The predicted octanol–water partition coefficient (Wildman–Crippen LogP) is 3.75. The van der Waals surface area contributed by atoms with E-state index in [1.807, 2.05) is 0 Å². The van der Waals surface area contributed by atoms with Crippen LogP contribution in [0.2, 0.25) is 0 Å². The van der Waals surface area contributed by atoms with E-state index in [-0.39, 0.29) is 38.9 Å². The smallest absolute Gasteiger partial charge is 0.284 e. The number of allylic oxidation sites excluding steroid dienone is 1. The first-order valence-corrected chi connectivity index (χ1v) is 11.4. The van der Waals surface area contributed by atoms with E-state index in [0.29, 0.717) is 15.6 Å². The molecule has 0 spiro atoms. The molecule has 1 aromatic heterocycles. The molecule has 12 heteroatoms. The van der Waals surface area contributed by atoms with Crippen molar-refractivity contribution >= 4 is 50.0 Å². The molecule has 1 atom stereocenters. The molecule has 0 bridgehead atoms. The van der Waals surface area contributed by atoms with Crippen molar-refractivity contribution in [3.05, 3.63) is 76.3 Å². The molecule has 1 heterocycles. The van der Waals surface area contributed by atoms with Crippen molar-refractivity contribution in [2.75, 3.05) is 5.32 Å². The molecular formula is C22H19BrFN5O4S. The molecule has 0 saturated carbocycles. The van der Waals surface area contributed by atoms with Crippen LogP contribution in [0.5, 0.6) is 5.75 Å². The number of anilines is 1. The number of amidine groups is 1. The number of nitrogens with zero attached hydrogens (tertiary/aromatic N) is 1. The number of phenols is 1. The maximum atomic E-state index is 14.9. The zero-order chi connectivity index (χ0) is 25.0. The molecular weight excluding hydrogens is 529 g/mol. The molecule has 1 unspecified atom stereocenters. The van der Waals surface area contributed by atoms with Gasteiger partial charge in [-0.3, -0.25) is 15.2 Å². The minimum atomic E-state index is -1.93. The van der Waals surface area contributed by atoms with Crippen LogP contribution in [-0.4, -0.2) is 26.0 Å². The Kier molecular flexibility index (Phi) is 7.89. The Labute approximate surface area is 204 Å². The lowest BCUT2D eigenvalue weighted by Crippen LogP contribution is -2.14. The molecule has 0 aliphatic heterocycles. The highest BCUT2D eigenvalue weighted by Crippen LogP contribution is 2.33. The van der Waals surface area contributed by atoms with Crippen LogP contribution in [0.15, 0.2) is 70.1 Å². The summed E-state index contributed by atoms with van der Waals surface area (Å²) in [6, 6.07) is 10.4. The minimum Gasteiger partial charge on any atom is -0.507 e. The summed E-state index contributed by atoms with van der Waals surface area (Å²) >= 11 is 1.41. The lowest BCUT2D eigenvalue weighted by atomic mass is 10.0. The van der Waals surface area contributed by atoms with Gasteiger partial charge < -0.3 is 16.2 Å². The number of amides is 1. The van der Waals surface area contributed by atoms with Gasteiger partial charge in [-0.25, -0.2) is 8.60 Å². The highest BCUT2D eigenvalue weighted by atomic mass is 79.9. The summed E-state index contributed by atoms with van der Waals surface area (Å²) < 4.78 is 31.8. The summed E-state index contributed by atoms with van der Waals surface area (Å²) in [4.78, 5) is 16.7. The van der Waals surface area contributed by atoms with Gasteiger partial charge in [-0.1, -0.05) is 6.07 Å². The summed E-state index contributed by atoms with van der Waals surface area (Å²) in [6.07, 6.45) is 2.87. The molecule has 3 aromatic rings. The molecule has 0 fully saturated rings. The number of phenolic OH excluding ortho intramolecular Hbond substituents is 1. The van der Waals surface area contributed by atoms with Crippen LogP contribution in [0.4, 0.5) is 10.1 Å². The number of rotatable bonds is 7. The second-order valence-electron chi connectivity index (χ2n) is 6.94. The molecule has 0 aliphatic rings. The Morgan fingerprint density at radius 3 is 2.65 bits per heavy atom. The van der Waals surface area contributed by atoms with E-state index in [1.165, 1.54) is 43.6 Å². The van der Waals surface area contributed by atoms with E-state index in [1.54, 1.807) is 18.2 Å². The van der Waals surface area contributed by atoms with Gasteiger partial charge in [0.2, 0.25) is 11.1 Å². The second kappa shape index (κ2) is 10.7. The molecule has 0 saturated heterocycles. The fourth-order valence-corrected chi connectivity index (χ4v) is 4.15. The van der Waals surface area contributed by atoms with Gasteiger partial charge in [-0.2, -0.15) is 10.2 Å². The quantitative estimate of drug-likeness (QED) is 0.130. The summed E-state index contributed by atoms with van der Waals surface area (Å²) in [5.74, 6) is 2.34. The van der Waals surface area contributed by atoms with Gasteiger partial charge in [0, 0.05) is 39.1 Å². The van der Waals surface area contributed by atoms with Gasteiger partial charge in [0.15, 0.2) is 5.83 Å². The van der Waals surface area contributed by atoms with Crippen molar-refractivity contribution in [2.45, 2.75) is 11.8 Å². The highest BCUT2D eigenvalue weighted by molar-refractivity contribution is 9.10. The molecule has 0 radical (unpaired) electrons. The SMILES string of the molecule is C/C(=C(\F)C(=O)Nc1ccc(-c2ccncc2S(=O)ON)cc1Br)c1cc(C(=N)N)ccc1O. The Morgan fingerprint density at radius 2 is 2.00 bits per heavy atom. The molecule has 1 amide bonds. The van der Waals surface area contributed by atoms with Crippen molar-refractivity contribution < 1.29 is 22.8 Å². The van der Waals surface area contributed by atoms with Gasteiger partial charge in [0.25, 0.3) is 5.91 Å². The molecule has 176 valence electrons. The first-order valence-electron chi connectivity index (χ1n) is 9.52. The average molecular weight is 548 g/mol. The maximum absolute atomic E-state index is 14.9. The van der Waals surface area contributed by atoms with Crippen molar-refractivity contribution in [3.63, 3.8) is 0 Å². The zero-order valence-electron chi connectivity index (χ0n) is 17.6. The number of hydrogen-bond donors (Lipinski definition) is 5. The number of hydrogen-bond acceptors (Lipinski definition) is 7. The predicted molar refractivity (Wildman–Crippen MR) is 131 cm³/mol. The third kappa shape index (κ3) is 5.37. The first kappa shape index (κ1) is 25.2. The van der Waals surface area contributed by atoms with Gasteiger partial charge in [-0.05, 0) is 64.8 Å². The normalized spacial score (nSPS) is 12.6. The molecule has 9 nitrogen and oxygen atoms in total. The minimum absolute atomic E-state index is 0.0371. The third-order valence-corrected chi connectivity index (χ3v) is 6.34. The Morgan fingerprint density at radius 1 is 1.26 bits per heavy atom. The number of carbonyl (C=O) groups excluding carboxylic acids is 1. The van der Waals surface area contributed by atoms with Gasteiger partial charge in [-0.15, -0.1) is 0 Å². The van der Waals surface area contributed by atoms with Crippen molar-refractivity contribution in [1.82, 2.24) is 4.98 Å². The van der Waals surface area contributed by atoms with E-state index in [0.717, 1.165) is 0 Å². The number of nitrogen functional groups attached to an aromatic ring is 1. The van der Waals surface area contributed by atoms with Gasteiger partial charge in [0.05, 0.1) is 10.6 Å². The van der Waals surface area contributed by atoms with Crippen LogP contribution >= 0.6 is 15.9 Å². The van der Waals surface area contributed by atoms with Crippen LogP contribution in [-0.2, 0) is 20.2 Å². The summed E-state index contributed by atoms with van der Waals surface area (Å²) in [6.45, 7) is 1.33. The third-order valence-electron chi connectivity index (χ3n) is 4.82. The Bertz CT molecular complexity index is 1350. The number of halogens is 2. The van der Waals surface area contributed by atoms with Gasteiger partial charge in [0.1, 0.15) is 11.6 Å². The lowest BCUT2D eigenvalue weighted by Gasteiger charge is -2.12. The molecule has 0 aliphatic carbocycles. The summed E-state index contributed by atoms with van der Waals surface area (Å²) in [5, 5.41) is 20.0. The zero-order valence-corrected chi connectivity index (χ0v) is 20.0. The molecule has 7 N–H and O–H groups in total. The fourth-order valence-electron chi connectivity index (χ4n) is 3.06. The van der Waals surface area contributed by atoms with E-state index in [4.69, 9.17) is 17.0 Å². The van der Waals surface area contributed by atoms with E-state index in [2.05, 4.69) is 30.5 Å². The first-order chi connectivity index (χ1) is 16.1. The second-order valence-corrected chi connectivity index (χ2v) is 8.89. The molecule has 3 rings (SSSR count). The van der Waals surface area contributed by atoms with Crippen molar-refractivity contribution in [3.8, 4) is 16.9 Å². The number of aromatic hydroxyl groups is 1. The number of nitrogens with one attached hydrogen (secondary N) is 2. The summed E-state index contributed by atoms with van der Waals surface area (Å²) in [5.41, 5.74) is 7.06. The summed E-state index contributed by atoms with van der Waals surface area (Å²) in [7, 11) is 0. The maximum Gasteiger partial charge on any atom is 0.284 e. The number of benzene rings is 2. The average Bonchev–Trinajstić information content (AvgIpc) is 2.83. The monoisotopic (exact) mass is 547 g/mol. The van der Waals surface area contributed by atoms with Crippen LogP contribution in [0.1, 0.15) is 18.1 Å². The number of aromatic nitrogens is 1. The van der Waals surface area contributed by atoms with Crippen LogP contribution in [0.3, 0.4) is 0 Å². The number of pyridine rings is 1. The molecule has 2 aromatic carbocycles. The van der Waals surface area contributed by atoms with Crippen molar-refractivity contribution in [2.24, 2.45) is 11.6 Å². The topological polar surface area (TPSA) is 164 Å². The molecule has 34 heavy (non-hydrogen) atoms. The Balaban J connectivity index is 1.90. The largest absolute Gasteiger partial charge is 0.507 e. The van der Waals surface area contributed by atoms with E-state index in [9.17, 15) is 18.5 Å². The van der Waals surface area contributed by atoms with Crippen molar-refractivity contribution in [1.29, 1.82) is 5.41 Å². The standard InChI is InChI=1S/C22H19BrFN5O4S/c1-11(15-8-13(21(25)26)3-5-18(15)30)20(24)22(31)29-17-4-2-12(9-16(17)23)14-6-7-28-10-19(14)34(32)33-27/h2-10,30H,27H2,1H3,(H3,25,26)(H,29,31)/b20-11+.